The second kappa shape index (κ2) is 4.26. The molecule has 9 heteroatoms. The van der Waals surface area contributed by atoms with Crippen LogP contribution >= 0.6 is 0 Å². The number of benzene rings is 1. The molecule has 0 unspecified atom stereocenters. The Hall–Kier alpha value is -3.54. The standard InChI is InChI=1S/C15H9N7O2/c16-3-7-5-21(6-7)15(24)22-19-11-8-1-2-17-14-10(8)9(4-18-14)13(23)12(11)20-22/h1-2,4,7,19H,5-6H2. The third-order valence-corrected chi connectivity index (χ3v) is 4.42. The molecule has 24 heavy (non-hydrogen) atoms. The number of carbonyl (C=O) groups is 1. The van der Waals surface area contributed by atoms with Crippen molar-refractivity contribution in [1.82, 2.24) is 29.9 Å². The molecule has 116 valence electrons. The van der Waals surface area contributed by atoms with E-state index < -0.39 is 0 Å². The fourth-order valence-electron chi connectivity index (χ4n) is 3.13. The molecule has 0 bridgehead atoms. The number of nitriles is 1. The van der Waals surface area contributed by atoms with Gasteiger partial charge in [0.1, 0.15) is 0 Å². The topological polar surface area (TPSA) is 121 Å². The summed E-state index contributed by atoms with van der Waals surface area (Å²) in [7, 11) is 0. The monoisotopic (exact) mass is 319 g/mol. The third kappa shape index (κ3) is 1.49. The van der Waals surface area contributed by atoms with E-state index >= 15 is 0 Å². The first-order chi connectivity index (χ1) is 11.7. The molecular weight excluding hydrogens is 310 g/mol. The van der Waals surface area contributed by atoms with Gasteiger partial charge in [-0.25, -0.2) is 14.8 Å². The summed E-state index contributed by atoms with van der Waals surface area (Å²) in [6, 6.07) is 3.50. The first-order valence-corrected chi connectivity index (χ1v) is 7.34. The minimum absolute atomic E-state index is 0.142. The van der Waals surface area contributed by atoms with Gasteiger partial charge in [-0.2, -0.15) is 5.26 Å². The van der Waals surface area contributed by atoms with Crippen LogP contribution in [0, 0.1) is 17.2 Å². The molecule has 1 fully saturated rings. The zero-order chi connectivity index (χ0) is 16.4. The highest BCUT2D eigenvalue weighted by molar-refractivity contribution is 6.18. The Balaban J connectivity index is 1.73. The van der Waals surface area contributed by atoms with E-state index in [1.165, 1.54) is 11.1 Å². The Morgan fingerprint density at radius 1 is 1.33 bits per heavy atom. The minimum Gasteiger partial charge on any atom is -0.319 e. The molecule has 1 aliphatic rings. The average molecular weight is 319 g/mol. The lowest BCUT2D eigenvalue weighted by Gasteiger charge is -2.34. The molecule has 4 heterocycles. The van der Waals surface area contributed by atoms with E-state index in [2.05, 4.69) is 26.2 Å². The van der Waals surface area contributed by atoms with Crippen LogP contribution in [0.4, 0.5) is 4.79 Å². The zero-order valence-corrected chi connectivity index (χ0v) is 12.2. The van der Waals surface area contributed by atoms with Crippen LogP contribution in [0.25, 0.3) is 32.8 Å². The highest BCUT2D eigenvalue weighted by atomic mass is 16.2. The number of likely N-dealkylation sites (tertiary alicyclic amines) is 1. The van der Waals surface area contributed by atoms with Crippen LogP contribution in [0.15, 0.2) is 23.3 Å². The van der Waals surface area contributed by atoms with Crippen LogP contribution in [0.1, 0.15) is 0 Å². The molecule has 1 N–H and O–H groups in total. The van der Waals surface area contributed by atoms with Crippen LogP contribution in [-0.2, 0) is 0 Å². The molecule has 1 aromatic carbocycles. The SMILES string of the molecule is N#CC1CN(C(=O)n2nc3c(=O)c4cnc5nccc(c3[nH]2)c54)C1. The predicted molar refractivity (Wildman–Crippen MR) is 83.6 cm³/mol. The van der Waals surface area contributed by atoms with E-state index in [9.17, 15) is 9.59 Å². The number of carbonyl (C=O) groups excluding carboxylic acids is 1. The van der Waals surface area contributed by atoms with E-state index in [1.807, 2.05) is 0 Å². The smallest absolute Gasteiger partial charge is 0.319 e. The van der Waals surface area contributed by atoms with E-state index in [0.717, 1.165) is 10.2 Å². The van der Waals surface area contributed by atoms with Crippen LogP contribution in [0.5, 0.6) is 0 Å². The minimum atomic E-state index is -0.383. The van der Waals surface area contributed by atoms with Gasteiger partial charge in [-0.1, -0.05) is 0 Å². The summed E-state index contributed by atoms with van der Waals surface area (Å²) in [5, 5.41) is 17.7. The summed E-state index contributed by atoms with van der Waals surface area (Å²) in [4.78, 5) is 35.9. The van der Waals surface area contributed by atoms with Crippen LogP contribution in [0.3, 0.4) is 0 Å². The number of hydrogen-bond acceptors (Lipinski definition) is 6. The van der Waals surface area contributed by atoms with Crippen molar-refractivity contribution in [3.8, 4) is 6.07 Å². The van der Waals surface area contributed by atoms with Gasteiger partial charge in [0.2, 0.25) is 5.43 Å². The maximum Gasteiger partial charge on any atom is 0.360 e. The number of aromatic amines is 1. The van der Waals surface area contributed by atoms with Crippen molar-refractivity contribution in [3.05, 3.63) is 28.7 Å². The summed E-state index contributed by atoms with van der Waals surface area (Å²) in [5.41, 5.74) is 0.884. The van der Waals surface area contributed by atoms with Crippen LogP contribution in [-0.4, -0.2) is 49.0 Å². The number of fused-ring (bicyclic) bond motifs is 2. The normalized spacial score (nSPS) is 15.2. The van der Waals surface area contributed by atoms with Crippen molar-refractivity contribution in [2.24, 2.45) is 5.92 Å². The van der Waals surface area contributed by atoms with Crippen molar-refractivity contribution >= 4 is 38.9 Å². The Morgan fingerprint density at radius 2 is 2.17 bits per heavy atom. The molecule has 9 nitrogen and oxygen atoms in total. The van der Waals surface area contributed by atoms with Gasteiger partial charge in [-0.3, -0.25) is 9.89 Å². The fourth-order valence-corrected chi connectivity index (χ4v) is 3.13. The average Bonchev–Trinajstić information content (AvgIpc) is 3.17. The highest BCUT2D eigenvalue weighted by Gasteiger charge is 2.32. The molecule has 0 spiro atoms. The van der Waals surface area contributed by atoms with Gasteiger partial charge in [-0.15, -0.1) is 9.90 Å². The lowest BCUT2D eigenvalue weighted by atomic mass is 10.0. The van der Waals surface area contributed by atoms with E-state index in [-0.39, 0.29) is 22.9 Å². The third-order valence-electron chi connectivity index (χ3n) is 4.42. The Kier molecular flexibility index (Phi) is 2.30. The number of aromatic nitrogens is 5. The molecule has 1 amide bonds. The number of amides is 1. The molecule has 1 saturated heterocycles. The molecule has 0 saturated carbocycles. The molecule has 0 radical (unpaired) electrons. The van der Waals surface area contributed by atoms with Crippen molar-refractivity contribution in [2.45, 2.75) is 0 Å². The summed E-state index contributed by atoms with van der Waals surface area (Å²) >= 11 is 0. The lowest BCUT2D eigenvalue weighted by molar-refractivity contribution is 0.139. The molecule has 3 aromatic heterocycles. The molecular formula is C15H9N7O2. The Bertz CT molecular complexity index is 1230. The highest BCUT2D eigenvalue weighted by Crippen LogP contribution is 2.27. The number of pyridine rings is 1. The molecule has 4 aromatic rings. The summed E-state index contributed by atoms with van der Waals surface area (Å²) in [6.45, 7) is 0.743. The van der Waals surface area contributed by atoms with E-state index in [0.29, 0.717) is 35.0 Å². The lowest BCUT2D eigenvalue weighted by Crippen LogP contribution is -2.51. The molecule has 5 rings (SSSR count). The number of H-pyrrole nitrogens is 1. The molecule has 1 aliphatic heterocycles. The van der Waals surface area contributed by atoms with Gasteiger partial charge in [0.25, 0.3) is 0 Å². The quantitative estimate of drug-likeness (QED) is 0.509. The largest absolute Gasteiger partial charge is 0.360 e. The van der Waals surface area contributed by atoms with Crippen molar-refractivity contribution in [2.75, 3.05) is 13.1 Å². The Morgan fingerprint density at radius 3 is 2.96 bits per heavy atom. The number of rotatable bonds is 0. The first kappa shape index (κ1) is 13.0. The maximum atomic E-state index is 12.6. The number of nitrogens with zero attached hydrogens (tertiary/aromatic N) is 6. The van der Waals surface area contributed by atoms with Crippen LogP contribution in [0.2, 0.25) is 0 Å². The Labute approximate surface area is 133 Å². The molecule has 0 aliphatic carbocycles. The summed E-state index contributed by atoms with van der Waals surface area (Å²) < 4.78 is 0. The first-order valence-electron chi connectivity index (χ1n) is 7.34. The number of hydrogen-bond donors (Lipinski definition) is 1. The van der Waals surface area contributed by atoms with Gasteiger partial charge in [0, 0.05) is 36.3 Å². The second-order valence-corrected chi connectivity index (χ2v) is 5.82. The number of nitrogens with one attached hydrogen (secondary N) is 1. The van der Waals surface area contributed by atoms with Gasteiger partial charge in [-0.05, 0) is 6.07 Å². The summed E-state index contributed by atoms with van der Waals surface area (Å²) in [6.07, 6.45) is 3.09. The van der Waals surface area contributed by atoms with Gasteiger partial charge in [0.15, 0.2) is 11.2 Å². The van der Waals surface area contributed by atoms with E-state index in [1.54, 1.807) is 12.3 Å². The van der Waals surface area contributed by atoms with E-state index in [4.69, 9.17) is 5.26 Å². The van der Waals surface area contributed by atoms with Gasteiger partial charge in [0.05, 0.1) is 22.9 Å². The maximum absolute atomic E-state index is 12.6. The molecule has 0 atom stereocenters. The van der Waals surface area contributed by atoms with Gasteiger partial charge >= 0.3 is 6.03 Å². The fraction of sp³-hybridized carbons (Fsp3) is 0.200. The summed E-state index contributed by atoms with van der Waals surface area (Å²) in [5.74, 6) is -0.142. The second-order valence-electron chi connectivity index (χ2n) is 5.82. The zero-order valence-electron chi connectivity index (χ0n) is 12.2. The predicted octanol–water partition coefficient (Wildman–Crippen LogP) is 0.682. The van der Waals surface area contributed by atoms with Crippen LogP contribution < -0.4 is 5.43 Å². The van der Waals surface area contributed by atoms with Crippen molar-refractivity contribution in [3.63, 3.8) is 0 Å². The van der Waals surface area contributed by atoms with Gasteiger partial charge < -0.3 is 4.90 Å². The van der Waals surface area contributed by atoms with Crippen molar-refractivity contribution < 1.29 is 4.79 Å². The van der Waals surface area contributed by atoms with Crippen molar-refractivity contribution in [1.29, 1.82) is 5.26 Å².